The molecule has 1 aliphatic heterocycles. The van der Waals surface area contributed by atoms with Crippen LogP contribution in [0.2, 0.25) is 0 Å². The lowest BCUT2D eigenvalue weighted by Gasteiger charge is -2.31. The maximum Gasteiger partial charge on any atom is 0.169 e. The van der Waals surface area contributed by atoms with Gasteiger partial charge >= 0.3 is 0 Å². The molecule has 1 fully saturated rings. The van der Waals surface area contributed by atoms with Crippen molar-refractivity contribution in [2.45, 2.75) is 39.0 Å². The SMILES string of the molecule is CCC(C)n1ccc(CN2CCOC(C(N)=NO)C2)n1. The number of rotatable bonds is 5. The van der Waals surface area contributed by atoms with E-state index in [-0.39, 0.29) is 11.9 Å². The normalized spacial score (nSPS) is 22.9. The summed E-state index contributed by atoms with van der Waals surface area (Å²) in [5.74, 6) is 0.125. The molecular weight excluding hydrogens is 258 g/mol. The quantitative estimate of drug-likeness (QED) is 0.361. The van der Waals surface area contributed by atoms with Crippen LogP contribution in [0, 0.1) is 0 Å². The molecule has 1 aromatic heterocycles. The van der Waals surface area contributed by atoms with Gasteiger partial charge in [-0.1, -0.05) is 12.1 Å². The molecule has 2 heterocycles. The molecule has 1 saturated heterocycles. The van der Waals surface area contributed by atoms with Crippen LogP contribution in [0.4, 0.5) is 0 Å². The second-order valence-electron chi connectivity index (χ2n) is 5.16. The number of hydrogen-bond acceptors (Lipinski definition) is 5. The van der Waals surface area contributed by atoms with Gasteiger partial charge in [0.2, 0.25) is 0 Å². The lowest BCUT2D eigenvalue weighted by Crippen LogP contribution is -2.48. The molecule has 7 heteroatoms. The second-order valence-corrected chi connectivity index (χ2v) is 5.16. The number of aromatic nitrogens is 2. The second kappa shape index (κ2) is 6.71. The van der Waals surface area contributed by atoms with Crippen molar-refractivity contribution in [2.24, 2.45) is 10.9 Å². The fourth-order valence-corrected chi connectivity index (χ4v) is 2.21. The predicted octanol–water partition coefficient (Wildman–Crippen LogP) is 0.801. The Balaban J connectivity index is 1.94. The van der Waals surface area contributed by atoms with Crippen molar-refractivity contribution in [3.8, 4) is 0 Å². The first-order valence-electron chi connectivity index (χ1n) is 6.99. The van der Waals surface area contributed by atoms with Gasteiger partial charge in [-0.2, -0.15) is 5.10 Å². The number of oxime groups is 1. The fourth-order valence-electron chi connectivity index (χ4n) is 2.21. The average Bonchev–Trinajstić information content (AvgIpc) is 2.94. The van der Waals surface area contributed by atoms with E-state index in [1.165, 1.54) is 0 Å². The Morgan fingerprint density at radius 2 is 2.50 bits per heavy atom. The Hall–Kier alpha value is -1.60. The third kappa shape index (κ3) is 3.49. The van der Waals surface area contributed by atoms with E-state index in [0.717, 1.165) is 25.2 Å². The van der Waals surface area contributed by atoms with Crippen LogP contribution in [0.3, 0.4) is 0 Å². The molecule has 0 aromatic carbocycles. The van der Waals surface area contributed by atoms with Gasteiger partial charge < -0.3 is 15.7 Å². The molecule has 20 heavy (non-hydrogen) atoms. The molecule has 112 valence electrons. The van der Waals surface area contributed by atoms with Crippen molar-refractivity contribution >= 4 is 5.84 Å². The smallest absolute Gasteiger partial charge is 0.169 e. The number of nitrogens with zero attached hydrogens (tertiary/aromatic N) is 4. The van der Waals surface area contributed by atoms with Crippen molar-refractivity contribution in [1.29, 1.82) is 0 Å². The van der Waals surface area contributed by atoms with Crippen LogP contribution in [-0.4, -0.2) is 51.5 Å². The van der Waals surface area contributed by atoms with E-state index in [0.29, 0.717) is 19.2 Å². The number of morpholine rings is 1. The van der Waals surface area contributed by atoms with Crippen molar-refractivity contribution in [3.63, 3.8) is 0 Å². The van der Waals surface area contributed by atoms with Gasteiger partial charge in [0.15, 0.2) is 5.84 Å². The highest BCUT2D eigenvalue weighted by Crippen LogP contribution is 2.12. The number of hydrogen-bond donors (Lipinski definition) is 2. The van der Waals surface area contributed by atoms with Crippen LogP contribution >= 0.6 is 0 Å². The largest absolute Gasteiger partial charge is 0.409 e. The molecule has 2 unspecified atom stereocenters. The molecular formula is C13H23N5O2. The minimum Gasteiger partial charge on any atom is -0.409 e. The fraction of sp³-hybridized carbons (Fsp3) is 0.692. The molecule has 0 radical (unpaired) electrons. The van der Waals surface area contributed by atoms with E-state index in [1.54, 1.807) is 0 Å². The number of nitrogens with two attached hydrogens (primary N) is 1. The molecule has 0 saturated carbocycles. The number of amidine groups is 1. The zero-order valence-corrected chi connectivity index (χ0v) is 12.1. The van der Waals surface area contributed by atoms with Crippen molar-refractivity contribution in [1.82, 2.24) is 14.7 Å². The predicted molar refractivity (Wildman–Crippen MR) is 75.7 cm³/mol. The highest BCUT2D eigenvalue weighted by molar-refractivity contribution is 5.84. The third-order valence-electron chi connectivity index (χ3n) is 3.69. The van der Waals surface area contributed by atoms with Crippen LogP contribution in [0.1, 0.15) is 32.0 Å². The van der Waals surface area contributed by atoms with Crippen molar-refractivity contribution in [3.05, 3.63) is 18.0 Å². The Labute approximate surface area is 119 Å². The summed E-state index contributed by atoms with van der Waals surface area (Å²) >= 11 is 0. The van der Waals surface area contributed by atoms with Crippen LogP contribution < -0.4 is 5.73 Å². The summed E-state index contributed by atoms with van der Waals surface area (Å²) in [6, 6.07) is 2.46. The maximum absolute atomic E-state index is 8.70. The Morgan fingerprint density at radius 1 is 1.70 bits per heavy atom. The molecule has 1 aliphatic rings. The van der Waals surface area contributed by atoms with Gasteiger partial charge in [0.25, 0.3) is 0 Å². The van der Waals surface area contributed by atoms with Crippen molar-refractivity contribution < 1.29 is 9.94 Å². The lowest BCUT2D eigenvalue weighted by atomic mass is 10.2. The first kappa shape index (κ1) is 14.8. The lowest BCUT2D eigenvalue weighted by molar-refractivity contribution is 0.000897. The molecule has 0 bridgehead atoms. The standard InChI is InChI=1S/C13H23N5O2/c1-3-10(2)18-5-4-11(15-18)8-17-6-7-20-12(9-17)13(14)16-19/h4-5,10,12,19H,3,6-9H2,1-2H3,(H2,14,16). The van der Waals surface area contributed by atoms with Crippen LogP contribution in [-0.2, 0) is 11.3 Å². The highest BCUT2D eigenvalue weighted by Gasteiger charge is 2.24. The van der Waals surface area contributed by atoms with Gasteiger partial charge in [-0.15, -0.1) is 0 Å². The Kier molecular flexibility index (Phi) is 4.97. The molecule has 3 N–H and O–H groups in total. The highest BCUT2D eigenvalue weighted by atomic mass is 16.5. The molecule has 1 aromatic rings. The summed E-state index contributed by atoms with van der Waals surface area (Å²) in [6.45, 7) is 7.07. The van der Waals surface area contributed by atoms with E-state index in [2.05, 4.69) is 29.0 Å². The zero-order chi connectivity index (χ0) is 14.5. The zero-order valence-electron chi connectivity index (χ0n) is 12.1. The maximum atomic E-state index is 8.70. The van der Waals surface area contributed by atoms with Crippen LogP contribution in [0.15, 0.2) is 17.4 Å². The molecule has 0 spiro atoms. The molecule has 2 rings (SSSR count). The summed E-state index contributed by atoms with van der Waals surface area (Å²) in [6.07, 6.45) is 2.74. The van der Waals surface area contributed by atoms with Gasteiger partial charge in [-0.3, -0.25) is 9.58 Å². The molecule has 0 aliphatic carbocycles. The van der Waals surface area contributed by atoms with Gasteiger partial charge in [-0.05, 0) is 19.4 Å². The molecule has 2 atom stereocenters. The minimum atomic E-state index is -0.342. The summed E-state index contributed by atoms with van der Waals surface area (Å²) in [4.78, 5) is 2.20. The van der Waals surface area contributed by atoms with Crippen LogP contribution in [0.5, 0.6) is 0 Å². The van der Waals surface area contributed by atoms with E-state index in [4.69, 9.17) is 15.7 Å². The van der Waals surface area contributed by atoms with Gasteiger partial charge in [0.05, 0.1) is 12.3 Å². The summed E-state index contributed by atoms with van der Waals surface area (Å²) in [7, 11) is 0. The van der Waals surface area contributed by atoms with E-state index in [9.17, 15) is 0 Å². The Morgan fingerprint density at radius 3 is 3.20 bits per heavy atom. The first-order chi connectivity index (χ1) is 9.63. The molecule has 7 nitrogen and oxygen atoms in total. The van der Waals surface area contributed by atoms with Crippen molar-refractivity contribution in [2.75, 3.05) is 19.7 Å². The Bertz CT molecular complexity index is 459. The van der Waals surface area contributed by atoms with E-state index >= 15 is 0 Å². The summed E-state index contributed by atoms with van der Waals surface area (Å²) in [5.41, 5.74) is 6.63. The average molecular weight is 281 g/mol. The van der Waals surface area contributed by atoms with Gasteiger partial charge in [0.1, 0.15) is 6.10 Å². The van der Waals surface area contributed by atoms with E-state index in [1.807, 2.05) is 16.9 Å². The van der Waals surface area contributed by atoms with E-state index < -0.39 is 0 Å². The number of ether oxygens (including phenoxy) is 1. The topological polar surface area (TPSA) is 88.9 Å². The summed E-state index contributed by atoms with van der Waals surface area (Å²) < 4.78 is 7.47. The van der Waals surface area contributed by atoms with Crippen LogP contribution in [0.25, 0.3) is 0 Å². The molecule has 0 amide bonds. The third-order valence-corrected chi connectivity index (χ3v) is 3.69. The summed E-state index contributed by atoms with van der Waals surface area (Å²) in [5, 5.41) is 16.3. The van der Waals surface area contributed by atoms with Gasteiger partial charge in [-0.25, -0.2) is 0 Å². The van der Waals surface area contributed by atoms with Gasteiger partial charge in [0, 0.05) is 31.9 Å². The minimum absolute atomic E-state index is 0.125. The monoisotopic (exact) mass is 281 g/mol. The first-order valence-corrected chi connectivity index (χ1v) is 6.99.